The summed E-state index contributed by atoms with van der Waals surface area (Å²) < 4.78 is 0. The normalized spacial score (nSPS) is 13.5. The number of anilines is 1. The number of hydrogen-bond acceptors (Lipinski definition) is 1. The number of amides is 1. The van der Waals surface area contributed by atoms with Gasteiger partial charge in [-0.05, 0) is 44.2 Å². The molecule has 5 heteroatoms. The van der Waals surface area contributed by atoms with Gasteiger partial charge in [0.25, 0.3) is 5.91 Å². The summed E-state index contributed by atoms with van der Waals surface area (Å²) in [4.78, 5) is 12.2. The lowest BCUT2D eigenvalue weighted by atomic mass is 10.1. The van der Waals surface area contributed by atoms with Gasteiger partial charge in [-0.2, -0.15) is 0 Å². The molecule has 0 heterocycles. The smallest absolute Gasteiger partial charge is 0.282 e. The van der Waals surface area contributed by atoms with Crippen molar-refractivity contribution < 1.29 is 10.1 Å². The van der Waals surface area contributed by atoms with Crippen molar-refractivity contribution in [2.45, 2.75) is 25.9 Å². The highest BCUT2D eigenvalue weighted by Crippen LogP contribution is 2.15. The van der Waals surface area contributed by atoms with E-state index in [1.807, 2.05) is 48.6 Å². The molecule has 0 saturated heterocycles. The molecule has 2 aromatic carbocycles. The summed E-state index contributed by atoms with van der Waals surface area (Å²) in [7, 11) is 0. The molecule has 2 aromatic rings. The number of rotatable bonds is 5. The van der Waals surface area contributed by atoms with Crippen LogP contribution in [0.5, 0.6) is 0 Å². The van der Waals surface area contributed by atoms with Crippen molar-refractivity contribution in [3.05, 3.63) is 64.1 Å². The monoisotopic (exact) mass is 337 g/mol. The second kappa shape index (κ2) is 7.63. The van der Waals surface area contributed by atoms with E-state index in [4.69, 9.17) is 23.2 Å². The molecule has 0 saturated carbocycles. The van der Waals surface area contributed by atoms with Crippen LogP contribution in [-0.2, 0) is 4.79 Å². The Morgan fingerprint density at radius 3 is 2.36 bits per heavy atom. The highest BCUT2D eigenvalue weighted by Gasteiger charge is 2.20. The number of carbonyl (C=O) groups excluding carboxylic acids is 1. The minimum Gasteiger partial charge on any atom is -0.330 e. The highest BCUT2D eigenvalue weighted by atomic mass is 35.5. The molecule has 0 fully saturated rings. The van der Waals surface area contributed by atoms with Gasteiger partial charge in [0.15, 0.2) is 6.04 Å². The van der Waals surface area contributed by atoms with Crippen molar-refractivity contribution in [1.29, 1.82) is 0 Å². The largest absolute Gasteiger partial charge is 0.330 e. The Labute approximate surface area is 140 Å². The van der Waals surface area contributed by atoms with Gasteiger partial charge in [0, 0.05) is 21.3 Å². The van der Waals surface area contributed by atoms with E-state index in [-0.39, 0.29) is 18.0 Å². The van der Waals surface area contributed by atoms with Crippen LogP contribution in [-0.4, -0.2) is 11.9 Å². The third-order valence-electron chi connectivity index (χ3n) is 3.48. The zero-order valence-corrected chi connectivity index (χ0v) is 14.0. The molecule has 2 atom stereocenters. The number of halogens is 2. The van der Waals surface area contributed by atoms with Crippen molar-refractivity contribution in [3.63, 3.8) is 0 Å². The Balaban J connectivity index is 1.94. The average molecular weight is 338 g/mol. The van der Waals surface area contributed by atoms with Gasteiger partial charge in [-0.1, -0.05) is 41.4 Å². The first-order chi connectivity index (χ1) is 10.5. The van der Waals surface area contributed by atoms with E-state index in [2.05, 4.69) is 12.2 Å². The summed E-state index contributed by atoms with van der Waals surface area (Å²) in [5.74, 6) is -0.0527. The first-order valence-electron chi connectivity index (χ1n) is 7.12. The van der Waals surface area contributed by atoms with Gasteiger partial charge in [0.2, 0.25) is 0 Å². The van der Waals surface area contributed by atoms with Crippen molar-refractivity contribution in [1.82, 2.24) is 0 Å². The summed E-state index contributed by atoms with van der Waals surface area (Å²) >= 11 is 11.8. The van der Waals surface area contributed by atoms with E-state index in [0.717, 1.165) is 5.56 Å². The molecule has 0 aliphatic carbocycles. The number of quaternary nitrogens is 1. The zero-order chi connectivity index (χ0) is 16.1. The minimum atomic E-state index is -0.218. The van der Waals surface area contributed by atoms with Gasteiger partial charge in [0.05, 0.1) is 0 Å². The van der Waals surface area contributed by atoms with E-state index < -0.39 is 0 Å². The Kier molecular flexibility index (Phi) is 5.83. The van der Waals surface area contributed by atoms with Crippen LogP contribution in [0.1, 0.15) is 25.5 Å². The molecule has 0 aliphatic rings. The summed E-state index contributed by atoms with van der Waals surface area (Å²) in [5.41, 5.74) is 1.84. The lowest BCUT2D eigenvalue weighted by molar-refractivity contribution is -0.709. The van der Waals surface area contributed by atoms with Crippen LogP contribution in [0.2, 0.25) is 10.0 Å². The maximum atomic E-state index is 12.2. The molecule has 0 aromatic heterocycles. The molecule has 1 amide bonds. The van der Waals surface area contributed by atoms with Gasteiger partial charge in [-0.15, -0.1) is 0 Å². The maximum Gasteiger partial charge on any atom is 0.282 e. The number of nitrogens with one attached hydrogen (secondary N) is 1. The topological polar surface area (TPSA) is 45.7 Å². The summed E-state index contributed by atoms with van der Waals surface area (Å²) in [6, 6.07) is 14.7. The Morgan fingerprint density at radius 1 is 1.05 bits per heavy atom. The number of carbonyl (C=O) groups is 1. The van der Waals surface area contributed by atoms with E-state index in [1.165, 1.54) is 0 Å². The Morgan fingerprint density at radius 2 is 1.73 bits per heavy atom. The standard InChI is InChI=1S/C17H18Cl2N2O/c1-11(13-6-8-14(18)9-7-13)20-12(2)17(22)21-16-5-3-4-15(19)10-16/h3-12,20H,1-2H3,(H,21,22)/p+1/t11-,12-/m1/s1. The predicted octanol–water partition coefficient (Wildman–Crippen LogP) is 3.65. The number of hydrogen-bond donors (Lipinski definition) is 2. The van der Waals surface area contributed by atoms with Crippen LogP contribution in [0.15, 0.2) is 48.5 Å². The molecule has 0 bridgehead atoms. The molecule has 3 nitrogen and oxygen atoms in total. The molecule has 22 heavy (non-hydrogen) atoms. The van der Waals surface area contributed by atoms with Gasteiger partial charge < -0.3 is 10.6 Å². The van der Waals surface area contributed by atoms with Crippen LogP contribution < -0.4 is 10.6 Å². The molecule has 0 radical (unpaired) electrons. The van der Waals surface area contributed by atoms with Crippen molar-refractivity contribution in [2.75, 3.05) is 5.32 Å². The molecule has 0 unspecified atom stereocenters. The summed E-state index contributed by atoms with van der Waals surface area (Å²) in [6.45, 7) is 3.94. The lowest BCUT2D eigenvalue weighted by Gasteiger charge is -2.17. The third kappa shape index (κ3) is 4.73. The quantitative estimate of drug-likeness (QED) is 0.859. The third-order valence-corrected chi connectivity index (χ3v) is 3.97. The Bertz CT molecular complexity index is 643. The van der Waals surface area contributed by atoms with Gasteiger partial charge in [0.1, 0.15) is 6.04 Å². The van der Waals surface area contributed by atoms with Crippen molar-refractivity contribution in [2.24, 2.45) is 0 Å². The maximum absolute atomic E-state index is 12.2. The molecule has 0 spiro atoms. The second-order valence-corrected chi connectivity index (χ2v) is 6.19. The van der Waals surface area contributed by atoms with Crippen LogP contribution >= 0.6 is 23.2 Å². The molecule has 2 rings (SSSR count). The van der Waals surface area contributed by atoms with Crippen LogP contribution in [0.3, 0.4) is 0 Å². The van der Waals surface area contributed by atoms with Crippen LogP contribution in [0, 0.1) is 0 Å². The van der Waals surface area contributed by atoms with Crippen LogP contribution in [0.4, 0.5) is 5.69 Å². The highest BCUT2D eigenvalue weighted by molar-refractivity contribution is 6.31. The lowest BCUT2D eigenvalue weighted by Crippen LogP contribution is -2.91. The summed E-state index contributed by atoms with van der Waals surface area (Å²) in [5, 5.41) is 6.20. The van der Waals surface area contributed by atoms with Gasteiger partial charge in [-0.3, -0.25) is 4.79 Å². The minimum absolute atomic E-state index is 0.0527. The van der Waals surface area contributed by atoms with Gasteiger partial charge in [-0.25, -0.2) is 0 Å². The fraction of sp³-hybridized carbons (Fsp3) is 0.235. The fourth-order valence-electron chi connectivity index (χ4n) is 2.22. The van der Waals surface area contributed by atoms with Crippen molar-refractivity contribution >= 4 is 34.8 Å². The Hall–Kier alpha value is -1.55. The molecule has 116 valence electrons. The average Bonchev–Trinajstić information content (AvgIpc) is 2.47. The fourth-order valence-corrected chi connectivity index (χ4v) is 2.54. The molecular weight excluding hydrogens is 319 g/mol. The molecule has 3 N–H and O–H groups in total. The zero-order valence-electron chi connectivity index (χ0n) is 12.5. The molecule has 0 aliphatic heterocycles. The van der Waals surface area contributed by atoms with E-state index in [1.54, 1.807) is 12.1 Å². The van der Waals surface area contributed by atoms with Crippen molar-refractivity contribution in [3.8, 4) is 0 Å². The predicted molar refractivity (Wildman–Crippen MR) is 91.3 cm³/mol. The van der Waals surface area contributed by atoms with Gasteiger partial charge >= 0.3 is 0 Å². The first kappa shape index (κ1) is 16.8. The second-order valence-electron chi connectivity index (χ2n) is 5.32. The molecular formula is C17H19Cl2N2O+. The van der Waals surface area contributed by atoms with E-state index in [9.17, 15) is 4.79 Å². The van der Waals surface area contributed by atoms with E-state index in [0.29, 0.717) is 15.7 Å². The number of benzene rings is 2. The number of nitrogens with two attached hydrogens (primary N) is 1. The SMILES string of the molecule is C[C@@H]([NH2+][C@H](C)c1ccc(Cl)cc1)C(=O)Nc1cccc(Cl)c1. The summed E-state index contributed by atoms with van der Waals surface area (Å²) in [6.07, 6.45) is 0. The first-order valence-corrected chi connectivity index (χ1v) is 7.88. The van der Waals surface area contributed by atoms with Crippen LogP contribution in [0.25, 0.3) is 0 Å². The van der Waals surface area contributed by atoms with E-state index >= 15 is 0 Å².